The summed E-state index contributed by atoms with van der Waals surface area (Å²) < 4.78 is 5.73. The van der Waals surface area contributed by atoms with Crippen LogP contribution in [0.3, 0.4) is 0 Å². The third kappa shape index (κ3) is 2.92. The predicted molar refractivity (Wildman–Crippen MR) is 95.3 cm³/mol. The van der Waals surface area contributed by atoms with E-state index in [9.17, 15) is 4.79 Å². The van der Waals surface area contributed by atoms with E-state index in [1.165, 1.54) is 5.57 Å². The van der Waals surface area contributed by atoms with Gasteiger partial charge in [-0.3, -0.25) is 4.79 Å². The Morgan fingerprint density at radius 2 is 2.20 bits per heavy atom. The van der Waals surface area contributed by atoms with Gasteiger partial charge >= 0.3 is 0 Å². The molecule has 3 aliphatic heterocycles. The van der Waals surface area contributed by atoms with E-state index >= 15 is 0 Å². The molecule has 0 spiro atoms. The van der Waals surface area contributed by atoms with Crippen LogP contribution < -0.4 is 4.90 Å². The number of nitrogens with zero attached hydrogens (tertiary/aromatic N) is 4. The van der Waals surface area contributed by atoms with Crippen LogP contribution >= 0.6 is 0 Å². The molecule has 25 heavy (non-hydrogen) atoms. The van der Waals surface area contributed by atoms with Gasteiger partial charge in [-0.25, -0.2) is 0 Å². The van der Waals surface area contributed by atoms with Gasteiger partial charge in [-0.2, -0.15) is 5.10 Å². The summed E-state index contributed by atoms with van der Waals surface area (Å²) in [6, 6.07) is 3.99. The lowest BCUT2D eigenvalue weighted by molar-refractivity contribution is -0.150. The molecule has 0 N–H and O–H groups in total. The van der Waals surface area contributed by atoms with Gasteiger partial charge in [-0.15, -0.1) is 5.10 Å². The zero-order chi connectivity index (χ0) is 17.4. The highest BCUT2D eigenvalue weighted by molar-refractivity contribution is 5.85. The molecule has 6 heteroatoms. The molecule has 0 saturated carbocycles. The second-order valence-electron chi connectivity index (χ2n) is 7.66. The molecule has 1 aromatic heterocycles. The summed E-state index contributed by atoms with van der Waals surface area (Å²) in [4.78, 5) is 17.8. The Hall–Kier alpha value is -1.95. The number of carbonyl (C=O) groups excluding carboxylic acids is 1. The Bertz CT molecular complexity index is 687. The average molecular weight is 342 g/mol. The largest absolute Gasteiger partial charge is 0.381 e. The molecule has 134 valence electrons. The summed E-state index contributed by atoms with van der Waals surface area (Å²) in [6.45, 7) is 8.49. The normalized spacial score (nSPS) is 29.4. The highest BCUT2D eigenvalue weighted by Crippen LogP contribution is 2.45. The van der Waals surface area contributed by atoms with E-state index in [1.54, 1.807) is 0 Å². The lowest BCUT2D eigenvalue weighted by Gasteiger charge is -2.41. The minimum Gasteiger partial charge on any atom is -0.381 e. The molecule has 2 atom stereocenters. The molecule has 2 saturated heterocycles. The Balaban J connectivity index is 1.60. The van der Waals surface area contributed by atoms with Gasteiger partial charge in [0.2, 0.25) is 5.91 Å². The number of carbonyl (C=O) groups is 1. The monoisotopic (exact) mass is 342 g/mol. The maximum Gasteiger partial charge on any atom is 0.231 e. The summed E-state index contributed by atoms with van der Waals surface area (Å²) in [6.07, 6.45) is 4.00. The van der Waals surface area contributed by atoms with Gasteiger partial charge in [0, 0.05) is 38.7 Å². The van der Waals surface area contributed by atoms with Gasteiger partial charge in [-0.05, 0) is 38.8 Å². The third-order valence-corrected chi connectivity index (χ3v) is 5.86. The van der Waals surface area contributed by atoms with Crippen LogP contribution in [-0.2, 0) is 9.53 Å². The van der Waals surface area contributed by atoms with Crippen molar-refractivity contribution in [2.75, 3.05) is 44.3 Å². The molecule has 1 aromatic rings. The van der Waals surface area contributed by atoms with E-state index in [0.29, 0.717) is 19.1 Å². The van der Waals surface area contributed by atoms with Crippen LogP contribution in [0.5, 0.6) is 0 Å². The molecular formula is C19H26N4O2. The zero-order valence-corrected chi connectivity index (χ0v) is 15.1. The van der Waals surface area contributed by atoms with Crippen molar-refractivity contribution >= 4 is 11.7 Å². The highest BCUT2D eigenvalue weighted by atomic mass is 16.5. The summed E-state index contributed by atoms with van der Waals surface area (Å²) in [5.74, 6) is 1.39. The van der Waals surface area contributed by atoms with Crippen molar-refractivity contribution < 1.29 is 9.53 Å². The van der Waals surface area contributed by atoms with Crippen molar-refractivity contribution in [1.82, 2.24) is 15.1 Å². The molecule has 4 heterocycles. The van der Waals surface area contributed by atoms with Gasteiger partial charge in [0.15, 0.2) is 5.82 Å². The second kappa shape index (κ2) is 6.41. The number of aryl methyl sites for hydroxylation is 1. The van der Waals surface area contributed by atoms with Crippen molar-refractivity contribution in [1.29, 1.82) is 0 Å². The molecule has 0 radical (unpaired) electrons. The molecule has 0 aromatic carbocycles. The number of ether oxygens (including phenoxy) is 1. The van der Waals surface area contributed by atoms with Crippen molar-refractivity contribution in [2.45, 2.75) is 26.7 Å². The standard InChI is InChI=1S/C19H26N4O2/c1-14-4-3-8-22(10-14)18(24)19-7-9-25-12-16(19)11-23(13-19)17-6-5-15(2)20-21-17/h4-6,16H,3,7-13H2,1-2H3. The van der Waals surface area contributed by atoms with Crippen LogP contribution in [0, 0.1) is 18.3 Å². The molecule has 0 aliphatic carbocycles. The number of amides is 1. The first-order valence-electron chi connectivity index (χ1n) is 9.16. The fraction of sp³-hybridized carbons (Fsp3) is 0.632. The lowest BCUT2D eigenvalue weighted by atomic mass is 9.73. The van der Waals surface area contributed by atoms with Gasteiger partial charge in [0.25, 0.3) is 0 Å². The number of hydrogen-bond donors (Lipinski definition) is 0. The molecular weight excluding hydrogens is 316 g/mol. The Morgan fingerprint density at radius 3 is 2.96 bits per heavy atom. The van der Waals surface area contributed by atoms with Crippen LogP contribution in [-0.4, -0.2) is 60.4 Å². The summed E-state index contributed by atoms with van der Waals surface area (Å²) in [7, 11) is 0. The van der Waals surface area contributed by atoms with Gasteiger partial charge in [0.1, 0.15) is 0 Å². The topological polar surface area (TPSA) is 58.6 Å². The number of hydrogen-bond acceptors (Lipinski definition) is 5. The minimum absolute atomic E-state index is 0.225. The number of rotatable bonds is 2. The zero-order valence-electron chi connectivity index (χ0n) is 15.1. The fourth-order valence-electron chi connectivity index (χ4n) is 4.43. The van der Waals surface area contributed by atoms with Crippen LogP contribution in [0.15, 0.2) is 23.8 Å². The maximum atomic E-state index is 13.5. The number of fused-ring (bicyclic) bond motifs is 1. The number of anilines is 1. The second-order valence-corrected chi connectivity index (χ2v) is 7.66. The van der Waals surface area contributed by atoms with Crippen molar-refractivity contribution in [3.8, 4) is 0 Å². The quantitative estimate of drug-likeness (QED) is 0.767. The van der Waals surface area contributed by atoms with Crippen LogP contribution in [0.4, 0.5) is 5.82 Å². The summed E-state index contributed by atoms with van der Waals surface area (Å²) >= 11 is 0. The first kappa shape index (κ1) is 16.5. The van der Waals surface area contributed by atoms with E-state index in [1.807, 2.05) is 19.1 Å². The maximum absolute atomic E-state index is 13.5. The van der Waals surface area contributed by atoms with Crippen molar-refractivity contribution in [3.63, 3.8) is 0 Å². The summed E-state index contributed by atoms with van der Waals surface area (Å²) in [5.41, 5.74) is 1.85. The van der Waals surface area contributed by atoms with E-state index in [0.717, 1.165) is 50.5 Å². The third-order valence-electron chi connectivity index (χ3n) is 5.86. The molecule has 2 unspecified atom stereocenters. The Morgan fingerprint density at radius 1 is 1.32 bits per heavy atom. The van der Waals surface area contributed by atoms with Gasteiger partial charge < -0.3 is 14.5 Å². The molecule has 1 amide bonds. The van der Waals surface area contributed by atoms with Crippen LogP contribution in [0.25, 0.3) is 0 Å². The molecule has 2 fully saturated rings. The SMILES string of the molecule is CC1=CCCN(C(=O)C23CCOCC2CN(c2ccc(C)nn2)C3)C1. The fourth-order valence-corrected chi connectivity index (χ4v) is 4.43. The van der Waals surface area contributed by atoms with E-state index in [-0.39, 0.29) is 11.3 Å². The lowest BCUT2D eigenvalue weighted by Crippen LogP contribution is -2.53. The van der Waals surface area contributed by atoms with E-state index in [4.69, 9.17) is 4.74 Å². The average Bonchev–Trinajstić information content (AvgIpc) is 3.02. The smallest absolute Gasteiger partial charge is 0.231 e. The first-order valence-corrected chi connectivity index (χ1v) is 9.16. The molecule has 0 bridgehead atoms. The van der Waals surface area contributed by atoms with Crippen molar-refractivity contribution in [2.24, 2.45) is 11.3 Å². The number of aromatic nitrogens is 2. The minimum atomic E-state index is -0.345. The van der Waals surface area contributed by atoms with E-state index in [2.05, 4.69) is 33.0 Å². The van der Waals surface area contributed by atoms with Crippen LogP contribution in [0.1, 0.15) is 25.5 Å². The van der Waals surface area contributed by atoms with Gasteiger partial charge in [-0.1, -0.05) is 11.6 Å². The van der Waals surface area contributed by atoms with Crippen LogP contribution in [0.2, 0.25) is 0 Å². The van der Waals surface area contributed by atoms with Gasteiger partial charge in [0.05, 0.1) is 17.7 Å². The molecule has 3 aliphatic rings. The summed E-state index contributed by atoms with van der Waals surface area (Å²) in [5, 5.41) is 8.52. The van der Waals surface area contributed by atoms with E-state index < -0.39 is 0 Å². The molecule has 6 nitrogen and oxygen atoms in total. The highest BCUT2D eigenvalue weighted by Gasteiger charge is 2.55. The Kier molecular flexibility index (Phi) is 4.23. The Labute approximate surface area is 148 Å². The first-order chi connectivity index (χ1) is 12.1. The predicted octanol–water partition coefficient (Wildman–Crippen LogP) is 1.81. The molecule has 4 rings (SSSR count). The van der Waals surface area contributed by atoms with Crippen molar-refractivity contribution in [3.05, 3.63) is 29.5 Å².